The molecule has 5 rings (SSSR count). The number of nitrogens with one attached hydrogen (secondary N) is 2. The van der Waals surface area contributed by atoms with E-state index in [1.807, 2.05) is 0 Å². The van der Waals surface area contributed by atoms with Crippen molar-refractivity contribution in [3.63, 3.8) is 0 Å². The summed E-state index contributed by atoms with van der Waals surface area (Å²) in [5.74, 6) is -13.4. The highest BCUT2D eigenvalue weighted by Gasteiger charge is 2.53. The van der Waals surface area contributed by atoms with E-state index in [0.29, 0.717) is 11.4 Å². The van der Waals surface area contributed by atoms with Crippen molar-refractivity contribution in [3.8, 4) is 34.5 Å². The van der Waals surface area contributed by atoms with E-state index in [1.54, 1.807) is 83.1 Å². The molecule has 0 aliphatic rings. The molecule has 2 amide bonds. The summed E-state index contributed by atoms with van der Waals surface area (Å²) >= 11 is 0. The first-order valence-corrected chi connectivity index (χ1v) is 26.3. The van der Waals surface area contributed by atoms with Crippen LogP contribution >= 0.6 is 0 Å². The summed E-state index contributed by atoms with van der Waals surface area (Å²) in [7, 11) is -8.45. The Balaban J connectivity index is 1.57. The van der Waals surface area contributed by atoms with Gasteiger partial charge in [0.05, 0.1) is 11.4 Å². The van der Waals surface area contributed by atoms with Crippen LogP contribution in [0.15, 0.2) is 84.9 Å². The molecule has 390 valence electrons. The van der Waals surface area contributed by atoms with E-state index in [4.69, 9.17) is 56.3 Å². The summed E-state index contributed by atoms with van der Waals surface area (Å²) in [4.78, 5) is 26.9. The number of anilines is 4. The van der Waals surface area contributed by atoms with Gasteiger partial charge in [-0.25, -0.2) is 0 Å². The van der Waals surface area contributed by atoms with Gasteiger partial charge in [-0.15, -0.1) is 0 Å². The topological polar surface area (TPSA) is 203 Å². The van der Waals surface area contributed by atoms with E-state index in [0.717, 1.165) is 24.3 Å². The van der Waals surface area contributed by atoms with Crippen LogP contribution in [0, 0.1) is 23.3 Å². The van der Waals surface area contributed by atoms with Gasteiger partial charge in [-0.2, -0.15) is 17.6 Å². The fourth-order valence-corrected chi connectivity index (χ4v) is 11.4. The molecule has 16 nitrogen and oxygen atoms in total. The van der Waals surface area contributed by atoms with Gasteiger partial charge < -0.3 is 67.0 Å². The van der Waals surface area contributed by atoms with Gasteiger partial charge in [-0.3, -0.25) is 9.59 Å². The lowest BCUT2D eigenvalue weighted by molar-refractivity contribution is -0.0476. The minimum atomic E-state index is -4.22. The number of nitrogens with two attached hydrogens (primary N) is 2. The summed E-state index contributed by atoms with van der Waals surface area (Å²) < 4.78 is 125. The molecule has 72 heavy (non-hydrogen) atoms. The first-order chi connectivity index (χ1) is 33.8. The summed E-state index contributed by atoms with van der Waals surface area (Å²) in [6.45, 7) is 20.6. The zero-order valence-corrected chi connectivity index (χ0v) is 44.1. The number of nitrogen functional groups attached to an aromatic ring is 2. The molecule has 0 saturated carbocycles. The lowest BCUT2D eigenvalue weighted by Crippen LogP contribution is -2.56. The number of hydrogen-bond donors (Lipinski definition) is 4. The molecular weight excluding hydrogens is 981 g/mol. The van der Waals surface area contributed by atoms with E-state index in [-0.39, 0.29) is 34.0 Å². The van der Waals surface area contributed by atoms with Crippen molar-refractivity contribution >= 4 is 52.7 Å². The Labute approximate surface area is 419 Å². The zero-order chi connectivity index (χ0) is 53.2. The third-order valence-corrected chi connectivity index (χ3v) is 14.6. The Morgan fingerprint density at radius 1 is 0.431 bits per heavy atom. The Bertz CT molecular complexity index is 2400. The molecule has 0 unspecified atom stereocenters. The van der Waals surface area contributed by atoms with Crippen molar-refractivity contribution in [3.05, 3.63) is 119 Å². The van der Waals surface area contributed by atoms with Crippen LogP contribution in [0.25, 0.3) is 0 Å². The van der Waals surface area contributed by atoms with Crippen LogP contribution < -0.4 is 40.4 Å². The summed E-state index contributed by atoms with van der Waals surface area (Å²) in [6.07, 6.45) is -3.07. The van der Waals surface area contributed by atoms with Crippen molar-refractivity contribution in [2.45, 2.75) is 120 Å². The van der Waals surface area contributed by atoms with Gasteiger partial charge in [0.1, 0.15) is 23.0 Å². The third kappa shape index (κ3) is 15.4. The van der Waals surface area contributed by atoms with Crippen LogP contribution in [-0.4, -0.2) is 66.5 Å². The second-order valence-electron chi connectivity index (χ2n) is 17.8. The maximum absolute atomic E-state index is 16.2. The quantitative estimate of drug-likeness (QED) is 0.0197. The largest absolute Gasteiger partial charge is 0.750 e. The lowest BCUT2D eigenvalue weighted by atomic mass is 10.2. The Hall–Kier alpha value is -6.25. The average molecular weight is 1040 g/mol. The second-order valence-corrected chi connectivity index (χ2v) is 21.6. The molecule has 0 atom stereocenters. The van der Waals surface area contributed by atoms with Gasteiger partial charge in [0.25, 0.3) is 11.8 Å². The predicted molar refractivity (Wildman–Crippen MR) is 267 cm³/mol. The van der Waals surface area contributed by atoms with E-state index >= 15 is 17.6 Å². The third-order valence-electron chi connectivity index (χ3n) is 9.12. The monoisotopic (exact) mass is 1040 g/mol. The molecule has 5 aromatic carbocycles. The second kappa shape index (κ2) is 24.4. The van der Waals surface area contributed by atoms with E-state index in [1.165, 1.54) is 60.7 Å². The Morgan fingerprint density at radius 3 is 0.944 bits per heavy atom. The Morgan fingerprint density at radius 2 is 0.694 bits per heavy atom. The van der Waals surface area contributed by atoms with Crippen molar-refractivity contribution in [2.24, 2.45) is 0 Å². The van der Waals surface area contributed by atoms with Gasteiger partial charge >= 0.3 is 18.1 Å². The molecule has 0 bridgehead atoms. The Kier molecular flexibility index (Phi) is 19.2. The van der Waals surface area contributed by atoms with Crippen molar-refractivity contribution < 1.29 is 72.0 Å². The molecule has 0 fully saturated rings. The summed E-state index contributed by atoms with van der Waals surface area (Å²) in [5.41, 5.74) is 12.9. The molecular formula is C50H62F4N4O12Si2. The van der Waals surface area contributed by atoms with Crippen molar-refractivity contribution in [1.82, 2.24) is 0 Å². The highest BCUT2D eigenvalue weighted by molar-refractivity contribution is 6.55. The molecule has 0 aliphatic heterocycles. The van der Waals surface area contributed by atoms with Crippen LogP contribution in [0.4, 0.5) is 40.3 Å². The number of benzene rings is 5. The SMILES string of the molecule is CC(C)O[Si](Oc1cc(Oc2c(F)c(F)c(Oc3ccc(NC(=O)c4ccc(N)cc4)c(O[Si](OC(C)C)(OC(C)C)OC(C)C)c3)c(F)c2F)ccc1NC(=O)c1ccc(N)cc1)(OC(C)C)OC(C)C. The summed E-state index contributed by atoms with van der Waals surface area (Å²) in [6, 6.07) is 19.1. The fourth-order valence-electron chi connectivity index (χ4n) is 6.48. The maximum atomic E-state index is 16.2. The highest BCUT2D eigenvalue weighted by Crippen LogP contribution is 2.43. The zero-order valence-electron chi connectivity index (χ0n) is 42.1. The number of rotatable bonds is 24. The normalized spacial score (nSPS) is 12.1. The van der Waals surface area contributed by atoms with Gasteiger partial charge in [0.15, 0.2) is 0 Å². The number of hydrogen-bond acceptors (Lipinski definition) is 14. The van der Waals surface area contributed by atoms with E-state index in [2.05, 4.69) is 10.6 Å². The highest BCUT2D eigenvalue weighted by atomic mass is 28.4. The first kappa shape index (κ1) is 56.7. The number of ether oxygens (including phenoxy) is 2. The number of carbonyl (C=O) groups excluding carboxylic acids is 2. The van der Waals surface area contributed by atoms with Crippen LogP contribution in [0.5, 0.6) is 34.5 Å². The number of amides is 2. The van der Waals surface area contributed by atoms with Crippen molar-refractivity contribution in [2.75, 3.05) is 22.1 Å². The van der Waals surface area contributed by atoms with E-state index in [9.17, 15) is 9.59 Å². The maximum Gasteiger partial charge on any atom is 0.750 e. The molecule has 0 radical (unpaired) electrons. The number of carbonyl (C=O) groups is 2. The minimum Gasteiger partial charge on any atom is -0.478 e. The molecule has 0 saturated heterocycles. The van der Waals surface area contributed by atoms with Gasteiger partial charge in [-0.1, -0.05) is 0 Å². The van der Waals surface area contributed by atoms with Crippen LogP contribution in [-0.2, 0) is 26.6 Å². The molecule has 0 aromatic heterocycles. The smallest absolute Gasteiger partial charge is 0.478 e. The van der Waals surface area contributed by atoms with Gasteiger partial charge in [-0.05, 0) is 156 Å². The standard InChI is InChI=1S/C50H62F4N4O12Si2/c1-27(2)63-71(64-28(3)4,65-29(5)6)69-41-25-37(21-23-39(41)57-49(59)33-13-17-35(55)18-14-33)61-47-43(51)45(53)48(46(54)44(47)52)62-38-22-24-40(58-50(60)34-15-19-36(56)20-16-34)42(26-38)70-72(66-30(7)8,67-31(9)10)68-32(11)12/h13-32H,55-56H2,1-12H3,(H,57,59)(H,58,60). The van der Waals surface area contributed by atoms with Crippen LogP contribution in [0.1, 0.15) is 104 Å². The lowest BCUT2D eigenvalue weighted by Gasteiger charge is -2.33. The van der Waals surface area contributed by atoms with Crippen molar-refractivity contribution in [1.29, 1.82) is 0 Å². The molecule has 0 spiro atoms. The number of halogens is 4. The predicted octanol–water partition coefficient (Wildman–Crippen LogP) is 11.7. The molecule has 5 aromatic rings. The first-order valence-electron chi connectivity index (χ1n) is 23.1. The molecule has 6 N–H and O–H groups in total. The van der Waals surface area contributed by atoms with Crippen LogP contribution in [0.2, 0.25) is 0 Å². The summed E-state index contributed by atoms with van der Waals surface area (Å²) in [5, 5.41) is 5.42. The minimum absolute atomic E-state index is 0.00318. The van der Waals surface area contributed by atoms with Gasteiger partial charge in [0, 0.05) is 71.3 Å². The molecule has 22 heteroatoms. The van der Waals surface area contributed by atoms with Gasteiger partial charge in [0.2, 0.25) is 34.8 Å². The van der Waals surface area contributed by atoms with E-state index < -0.39 is 113 Å². The fraction of sp³-hybridized carbons (Fsp3) is 0.360. The molecule has 0 heterocycles. The van der Waals surface area contributed by atoms with Crippen LogP contribution in [0.3, 0.4) is 0 Å². The molecule has 0 aliphatic carbocycles. The average Bonchev–Trinajstić information content (AvgIpc) is 3.26.